The van der Waals surface area contributed by atoms with Crippen molar-refractivity contribution in [2.24, 2.45) is 0 Å². The van der Waals surface area contributed by atoms with Crippen LogP contribution in [0.2, 0.25) is 0 Å². The van der Waals surface area contributed by atoms with Crippen molar-refractivity contribution >= 4 is 10.1 Å². The maximum atomic E-state index is 11.7. The molecule has 0 fully saturated rings. The maximum absolute atomic E-state index is 11.7. The fourth-order valence-corrected chi connectivity index (χ4v) is 4.29. The van der Waals surface area contributed by atoms with Gasteiger partial charge in [0.2, 0.25) is 0 Å². The van der Waals surface area contributed by atoms with E-state index in [0.717, 1.165) is 22.3 Å². The molecule has 33 heavy (non-hydrogen) atoms. The Bertz CT molecular complexity index is 1220. The fraction of sp³-hybridized carbons (Fsp3) is 0.280. The molecule has 0 heterocycles. The van der Waals surface area contributed by atoms with Gasteiger partial charge in [0.15, 0.2) is 0 Å². The first-order valence-electron chi connectivity index (χ1n) is 10.3. The summed E-state index contributed by atoms with van der Waals surface area (Å²) in [7, 11) is 2.02. The molecule has 8 heteroatoms. The molecule has 7 nitrogen and oxygen atoms in total. The molecule has 3 aromatic rings. The van der Waals surface area contributed by atoms with Crippen LogP contribution >= 0.6 is 0 Å². The van der Waals surface area contributed by atoms with E-state index in [9.17, 15) is 13.0 Å². The van der Waals surface area contributed by atoms with Gasteiger partial charge in [0, 0.05) is 17.7 Å². The topological polar surface area (TPSA) is 91.3 Å². The van der Waals surface area contributed by atoms with E-state index in [-0.39, 0.29) is 4.90 Å². The standard InChI is InChI=1S/C25H28O7S/c1-16-6-10-20(33(26,27)28)15-22(16)23-12-18(29-2)9-7-17(23)8-11-21-24(31-4)13-19(30-3)14-25(21)32-5/h6-7,9-10,12-15H,8,11H2,1-5H3,(H,26,27,28). The fourth-order valence-electron chi connectivity index (χ4n) is 3.79. The van der Waals surface area contributed by atoms with Crippen molar-refractivity contribution in [2.75, 3.05) is 28.4 Å². The first-order valence-corrected chi connectivity index (χ1v) is 11.7. The molecule has 0 atom stereocenters. The Labute approximate surface area is 194 Å². The Morgan fingerprint density at radius 1 is 0.727 bits per heavy atom. The quantitative estimate of drug-likeness (QED) is 0.450. The zero-order valence-electron chi connectivity index (χ0n) is 19.3. The molecule has 0 amide bonds. The number of rotatable bonds is 9. The molecule has 0 aliphatic rings. The van der Waals surface area contributed by atoms with Crippen molar-refractivity contribution in [1.82, 2.24) is 0 Å². The van der Waals surface area contributed by atoms with Crippen molar-refractivity contribution in [2.45, 2.75) is 24.7 Å². The van der Waals surface area contributed by atoms with E-state index < -0.39 is 10.1 Å². The lowest BCUT2D eigenvalue weighted by molar-refractivity contribution is 0.368. The Morgan fingerprint density at radius 2 is 1.36 bits per heavy atom. The summed E-state index contributed by atoms with van der Waals surface area (Å²) < 4.78 is 54.9. The van der Waals surface area contributed by atoms with Gasteiger partial charge in [0.05, 0.1) is 33.3 Å². The SMILES string of the molecule is COc1cc(OC)c(CCc2ccc(OC)cc2-c2cc(S(=O)(=O)O)ccc2C)c(OC)c1. The molecule has 0 radical (unpaired) electrons. The van der Waals surface area contributed by atoms with Crippen LogP contribution in [-0.2, 0) is 23.0 Å². The lowest BCUT2D eigenvalue weighted by atomic mass is 9.92. The normalized spacial score (nSPS) is 11.2. The van der Waals surface area contributed by atoms with Crippen LogP contribution in [0.5, 0.6) is 23.0 Å². The minimum Gasteiger partial charge on any atom is -0.497 e. The van der Waals surface area contributed by atoms with Gasteiger partial charge in [-0.1, -0.05) is 12.1 Å². The predicted octanol–water partition coefficient (Wildman–Crippen LogP) is 4.73. The summed E-state index contributed by atoms with van der Waals surface area (Å²) in [6.07, 6.45) is 1.22. The zero-order chi connectivity index (χ0) is 24.2. The van der Waals surface area contributed by atoms with E-state index in [1.165, 1.54) is 12.1 Å². The predicted molar refractivity (Wildman–Crippen MR) is 126 cm³/mol. The van der Waals surface area contributed by atoms with Crippen LogP contribution in [0.25, 0.3) is 11.1 Å². The largest absolute Gasteiger partial charge is 0.497 e. The number of hydrogen-bond donors (Lipinski definition) is 1. The molecule has 176 valence electrons. The number of aryl methyl sites for hydroxylation is 2. The first kappa shape index (κ1) is 24.4. The van der Waals surface area contributed by atoms with Crippen LogP contribution in [0, 0.1) is 6.92 Å². The van der Waals surface area contributed by atoms with Crippen molar-refractivity contribution < 1.29 is 31.9 Å². The van der Waals surface area contributed by atoms with Crippen molar-refractivity contribution in [3.05, 3.63) is 65.2 Å². The van der Waals surface area contributed by atoms with E-state index in [4.69, 9.17) is 18.9 Å². The minimum atomic E-state index is -4.33. The van der Waals surface area contributed by atoms with Crippen LogP contribution in [0.1, 0.15) is 16.7 Å². The van der Waals surface area contributed by atoms with Crippen molar-refractivity contribution in [3.63, 3.8) is 0 Å². The monoisotopic (exact) mass is 472 g/mol. The van der Waals surface area contributed by atoms with E-state index in [0.29, 0.717) is 41.4 Å². The Hall–Kier alpha value is -3.23. The Balaban J connectivity index is 2.08. The molecule has 0 unspecified atom stereocenters. The molecule has 0 saturated heterocycles. The molecule has 3 rings (SSSR count). The first-order chi connectivity index (χ1) is 15.7. The molecule has 1 N–H and O–H groups in total. The third-order valence-corrected chi connectivity index (χ3v) is 6.43. The van der Waals surface area contributed by atoms with Crippen LogP contribution in [0.15, 0.2) is 53.4 Å². The van der Waals surface area contributed by atoms with Gasteiger partial charge in [-0.3, -0.25) is 4.55 Å². The lowest BCUT2D eigenvalue weighted by Gasteiger charge is -2.17. The minimum absolute atomic E-state index is 0.157. The van der Waals surface area contributed by atoms with Gasteiger partial charge in [-0.2, -0.15) is 8.42 Å². The smallest absolute Gasteiger partial charge is 0.294 e. The summed E-state index contributed by atoms with van der Waals surface area (Å²) in [6.45, 7) is 1.89. The van der Waals surface area contributed by atoms with Gasteiger partial charge in [-0.05, 0) is 66.3 Å². The van der Waals surface area contributed by atoms with E-state index in [1.54, 1.807) is 34.5 Å². The Morgan fingerprint density at radius 3 is 1.91 bits per heavy atom. The summed E-state index contributed by atoms with van der Waals surface area (Å²) in [5, 5.41) is 0. The molecule has 0 spiro atoms. The zero-order valence-corrected chi connectivity index (χ0v) is 20.2. The van der Waals surface area contributed by atoms with Gasteiger partial charge in [0.1, 0.15) is 23.0 Å². The number of benzene rings is 3. The van der Waals surface area contributed by atoms with Crippen LogP contribution in [-0.4, -0.2) is 41.4 Å². The van der Waals surface area contributed by atoms with Gasteiger partial charge in [-0.15, -0.1) is 0 Å². The molecule has 0 aromatic heterocycles. The second-order valence-corrected chi connectivity index (χ2v) is 8.91. The molecule has 0 aliphatic carbocycles. The second-order valence-electron chi connectivity index (χ2n) is 7.49. The lowest BCUT2D eigenvalue weighted by Crippen LogP contribution is -2.03. The third-order valence-electron chi connectivity index (χ3n) is 5.58. The summed E-state index contributed by atoms with van der Waals surface area (Å²) in [5.74, 6) is 2.59. The van der Waals surface area contributed by atoms with Crippen molar-refractivity contribution in [1.29, 1.82) is 0 Å². The van der Waals surface area contributed by atoms with E-state index in [1.807, 2.05) is 37.3 Å². The van der Waals surface area contributed by atoms with E-state index >= 15 is 0 Å². The van der Waals surface area contributed by atoms with E-state index in [2.05, 4.69) is 0 Å². The summed E-state index contributed by atoms with van der Waals surface area (Å²) in [5.41, 5.74) is 4.27. The van der Waals surface area contributed by atoms with Gasteiger partial charge < -0.3 is 18.9 Å². The number of ether oxygens (including phenoxy) is 4. The third kappa shape index (κ3) is 5.40. The Kier molecular flexibility index (Phi) is 7.50. The number of methoxy groups -OCH3 is 4. The summed E-state index contributed by atoms with van der Waals surface area (Å²) >= 11 is 0. The summed E-state index contributed by atoms with van der Waals surface area (Å²) in [6, 6.07) is 13.9. The van der Waals surface area contributed by atoms with Crippen LogP contribution in [0.4, 0.5) is 0 Å². The van der Waals surface area contributed by atoms with Gasteiger partial charge >= 0.3 is 0 Å². The maximum Gasteiger partial charge on any atom is 0.294 e. The second kappa shape index (κ2) is 10.1. The molecule has 0 aliphatic heterocycles. The molecule has 3 aromatic carbocycles. The molecule has 0 bridgehead atoms. The van der Waals surface area contributed by atoms with Crippen LogP contribution < -0.4 is 18.9 Å². The summed E-state index contributed by atoms with van der Waals surface area (Å²) in [4.78, 5) is -0.157. The van der Waals surface area contributed by atoms with Gasteiger partial charge in [-0.25, -0.2) is 0 Å². The highest BCUT2D eigenvalue weighted by atomic mass is 32.2. The average molecular weight is 473 g/mol. The highest BCUT2D eigenvalue weighted by Gasteiger charge is 2.18. The molecular weight excluding hydrogens is 444 g/mol. The highest BCUT2D eigenvalue weighted by molar-refractivity contribution is 7.85. The highest BCUT2D eigenvalue weighted by Crippen LogP contribution is 2.37. The number of hydrogen-bond acceptors (Lipinski definition) is 6. The average Bonchev–Trinajstić information content (AvgIpc) is 2.81. The van der Waals surface area contributed by atoms with Crippen LogP contribution in [0.3, 0.4) is 0 Å². The van der Waals surface area contributed by atoms with Crippen molar-refractivity contribution in [3.8, 4) is 34.1 Å². The molecular formula is C25H28O7S. The molecule has 0 saturated carbocycles. The van der Waals surface area contributed by atoms with Gasteiger partial charge in [0.25, 0.3) is 10.1 Å².